The number of rotatable bonds is 3. The normalized spacial score (nSPS) is 12.1. The molecule has 0 atom stereocenters. The monoisotopic (exact) mass is 383 g/mol. The van der Waals surface area contributed by atoms with Gasteiger partial charge in [-0.2, -0.15) is 0 Å². The van der Waals surface area contributed by atoms with Gasteiger partial charge in [-0.25, -0.2) is 0 Å². The van der Waals surface area contributed by atoms with Crippen molar-refractivity contribution in [3.63, 3.8) is 0 Å². The molecule has 27 heavy (non-hydrogen) atoms. The first kappa shape index (κ1) is 16.5. The molecule has 1 nitrogen and oxygen atoms in total. The third kappa shape index (κ3) is 3.25. The highest BCUT2D eigenvalue weighted by Gasteiger charge is 2.19. The molecule has 0 fully saturated rings. The molecule has 0 bridgehead atoms. The molecule has 1 aliphatic heterocycles. The molecule has 4 aromatic carbocycles. The summed E-state index contributed by atoms with van der Waals surface area (Å²) in [6.45, 7) is 0. The highest BCUT2D eigenvalue weighted by molar-refractivity contribution is 8.05. The minimum absolute atomic E-state index is 1.16. The van der Waals surface area contributed by atoms with Gasteiger partial charge in [0.25, 0.3) is 0 Å². The molecule has 0 saturated carbocycles. The van der Waals surface area contributed by atoms with E-state index in [0.29, 0.717) is 0 Å². The number of benzene rings is 4. The molecular weight excluding hydrogens is 366 g/mol. The summed E-state index contributed by atoms with van der Waals surface area (Å²) in [6, 6.07) is 36.5. The molecule has 0 amide bonds. The molecule has 0 aliphatic carbocycles. The van der Waals surface area contributed by atoms with Crippen molar-refractivity contribution in [1.82, 2.24) is 0 Å². The van der Waals surface area contributed by atoms with Crippen LogP contribution in [0.4, 0.5) is 17.1 Å². The number of hydrogen-bond donors (Lipinski definition) is 0. The van der Waals surface area contributed by atoms with Gasteiger partial charge in [-0.15, -0.1) is 0 Å². The average Bonchev–Trinajstić information content (AvgIpc) is 2.74. The van der Waals surface area contributed by atoms with E-state index < -0.39 is 0 Å². The van der Waals surface area contributed by atoms with Gasteiger partial charge in [0.15, 0.2) is 0 Å². The maximum Gasteiger partial charge on any atom is 0.0473 e. The van der Waals surface area contributed by atoms with E-state index in [9.17, 15) is 0 Å². The number of anilines is 3. The van der Waals surface area contributed by atoms with Gasteiger partial charge in [0.1, 0.15) is 0 Å². The largest absolute Gasteiger partial charge is 0.310 e. The lowest BCUT2D eigenvalue weighted by atomic mass is 10.2. The molecular formula is C24H17NS2. The van der Waals surface area contributed by atoms with Crippen molar-refractivity contribution in [2.75, 3.05) is 4.90 Å². The Hall–Kier alpha value is -2.62. The maximum atomic E-state index is 2.31. The predicted octanol–water partition coefficient (Wildman–Crippen LogP) is 7.77. The summed E-state index contributed by atoms with van der Waals surface area (Å²) in [5.74, 6) is 0. The van der Waals surface area contributed by atoms with Crippen LogP contribution in [-0.2, 0) is 0 Å². The molecule has 1 heterocycles. The van der Waals surface area contributed by atoms with Crippen molar-refractivity contribution < 1.29 is 0 Å². The summed E-state index contributed by atoms with van der Waals surface area (Å²) in [7, 11) is 0. The SMILES string of the molecule is c1ccc(N(c2ccccc2)c2ccc3c(c2)Sc2ccccc2S3)cc1. The molecule has 0 N–H and O–H groups in total. The minimum atomic E-state index is 1.16. The molecule has 130 valence electrons. The van der Waals surface area contributed by atoms with Gasteiger partial charge in [-0.1, -0.05) is 72.1 Å². The van der Waals surface area contributed by atoms with Crippen LogP contribution >= 0.6 is 23.5 Å². The van der Waals surface area contributed by atoms with Gasteiger partial charge in [0.2, 0.25) is 0 Å². The molecule has 0 radical (unpaired) electrons. The quantitative estimate of drug-likeness (QED) is 0.313. The summed E-state index contributed by atoms with van der Waals surface area (Å²) in [4.78, 5) is 7.62. The average molecular weight is 384 g/mol. The van der Waals surface area contributed by atoms with Crippen LogP contribution in [0, 0.1) is 0 Å². The fourth-order valence-electron chi connectivity index (χ4n) is 3.26. The van der Waals surface area contributed by atoms with Crippen molar-refractivity contribution in [3.8, 4) is 0 Å². The van der Waals surface area contributed by atoms with Gasteiger partial charge in [0.05, 0.1) is 0 Å². The fraction of sp³-hybridized carbons (Fsp3) is 0. The van der Waals surface area contributed by atoms with E-state index >= 15 is 0 Å². The summed E-state index contributed by atoms with van der Waals surface area (Å²) in [5.41, 5.74) is 3.51. The standard InChI is InChI=1S/C24H17NS2/c1-3-9-18(10-4-1)25(19-11-5-2-6-12-19)20-15-16-23-24(17-20)27-22-14-8-7-13-21(22)26-23/h1-17H. The predicted molar refractivity (Wildman–Crippen MR) is 116 cm³/mol. The van der Waals surface area contributed by atoms with E-state index in [-0.39, 0.29) is 0 Å². The second-order valence-electron chi connectivity index (χ2n) is 6.29. The summed E-state index contributed by atoms with van der Waals surface area (Å²) in [6.07, 6.45) is 0. The van der Waals surface area contributed by atoms with Gasteiger partial charge >= 0.3 is 0 Å². The number of nitrogens with zero attached hydrogens (tertiary/aromatic N) is 1. The lowest BCUT2D eigenvalue weighted by Crippen LogP contribution is -2.10. The number of hydrogen-bond acceptors (Lipinski definition) is 3. The Labute approximate surface area is 168 Å². The van der Waals surface area contributed by atoms with E-state index in [2.05, 4.69) is 108 Å². The topological polar surface area (TPSA) is 3.24 Å². The molecule has 0 aromatic heterocycles. The molecule has 0 spiro atoms. The van der Waals surface area contributed by atoms with Gasteiger partial charge in [-0.3, -0.25) is 0 Å². The molecule has 4 aromatic rings. The highest BCUT2D eigenvalue weighted by atomic mass is 32.2. The molecule has 5 rings (SSSR count). The van der Waals surface area contributed by atoms with Crippen LogP contribution < -0.4 is 4.90 Å². The van der Waals surface area contributed by atoms with E-state index in [1.54, 1.807) is 0 Å². The summed E-state index contributed by atoms with van der Waals surface area (Å²) >= 11 is 3.71. The Morgan fingerprint density at radius 3 is 1.48 bits per heavy atom. The Kier molecular flexibility index (Phi) is 4.40. The van der Waals surface area contributed by atoms with Crippen molar-refractivity contribution >= 4 is 40.6 Å². The molecule has 3 heteroatoms. The third-order valence-corrected chi connectivity index (χ3v) is 7.05. The minimum Gasteiger partial charge on any atom is -0.310 e. The van der Waals surface area contributed by atoms with Crippen LogP contribution in [0.2, 0.25) is 0 Å². The van der Waals surface area contributed by atoms with E-state index in [0.717, 1.165) is 11.4 Å². The first-order chi connectivity index (χ1) is 13.4. The van der Waals surface area contributed by atoms with Crippen LogP contribution in [-0.4, -0.2) is 0 Å². The smallest absolute Gasteiger partial charge is 0.0473 e. The van der Waals surface area contributed by atoms with Crippen LogP contribution in [0.1, 0.15) is 0 Å². The van der Waals surface area contributed by atoms with E-state index in [4.69, 9.17) is 0 Å². The Morgan fingerprint density at radius 1 is 0.407 bits per heavy atom. The zero-order valence-electron chi connectivity index (χ0n) is 14.6. The van der Waals surface area contributed by atoms with Crippen LogP contribution in [0.25, 0.3) is 0 Å². The Bertz CT molecular complexity index is 1040. The Morgan fingerprint density at radius 2 is 0.889 bits per heavy atom. The van der Waals surface area contributed by atoms with Gasteiger partial charge in [0, 0.05) is 36.6 Å². The maximum absolute atomic E-state index is 2.31. The first-order valence-corrected chi connectivity index (χ1v) is 10.5. The number of para-hydroxylation sites is 2. The van der Waals surface area contributed by atoms with Crippen molar-refractivity contribution in [2.24, 2.45) is 0 Å². The lowest BCUT2D eigenvalue weighted by molar-refractivity contribution is 1.14. The van der Waals surface area contributed by atoms with E-state index in [1.807, 2.05) is 23.5 Å². The fourth-order valence-corrected chi connectivity index (χ4v) is 5.51. The van der Waals surface area contributed by atoms with Gasteiger partial charge < -0.3 is 4.90 Å². The zero-order chi connectivity index (χ0) is 18.1. The molecule has 0 unspecified atom stereocenters. The zero-order valence-corrected chi connectivity index (χ0v) is 16.2. The van der Waals surface area contributed by atoms with Crippen molar-refractivity contribution in [3.05, 3.63) is 103 Å². The van der Waals surface area contributed by atoms with Crippen LogP contribution in [0.15, 0.2) is 123 Å². The van der Waals surface area contributed by atoms with Crippen LogP contribution in [0.3, 0.4) is 0 Å². The lowest BCUT2D eigenvalue weighted by Gasteiger charge is -2.27. The second-order valence-corrected chi connectivity index (χ2v) is 8.46. The van der Waals surface area contributed by atoms with Gasteiger partial charge in [-0.05, 0) is 54.6 Å². The van der Waals surface area contributed by atoms with Crippen LogP contribution in [0.5, 0.6) is 0 Å². The second kappa shape index (κ2) is 7.18. The molecule has 1 aliphatic rings. The first-order valence-electron chi connectivity index (χ1n) is 8.87. The van der Waals surface area contributed by atoms with Crippen molar-refractivity contribution in [2.45, 2.75) is 19.6 Å². The van der Waals surface area contributed by atoms with E-state index in [1.165, 1.54) is 25.3 Å². The summed E-state index contributed by atoms with van der Waals surface area (Å²) < 4.78 is 0. The Balaban J connectivity index is 1.60. The molecule has 0 saturated heterocycles. The highest BCUT2D eigenvalue weighted by Crippen LogP contribution is 2.50. The number of fused-ring (bicyclic) bond motifs is 2. The van der Waals surface area contributed by atoms with Crippen molar-refractivity contribution in [1.29, 1.82) is 0 Å². The third-order valence-electron chi connectivity index (χ3n) is 4.50. The summed E-state index contributed by atoms with van der Waals surface area (Å²) in [5, 5.41) is 0.